The van der Waals surface area contributed by atoms with Gasteiger partial charge in [0, 0.05) is 0 Å². The van der Waals surface area contributed by atoms with E-state index in [0.717, 1.165) is 0 Å². The number of methoxy groups -OCH3 is 1. The van der Waals surface area contributed by atoms with E-state index < -0.39 is 27.0 Å². The molecule has 0 spiro atoms. The lowest BCUT2D eigenvalue weighted by Crippen LogP contribution is -2.13. The average Bonchev–Trinajstić information content (AvgIpc) is 3.09. The van der Waals surface area contributed by atoms with Crippen molar-refractivity contribution < 1.29 is 23.1 Å². The van der Waals surface area contributed by atoms with Crippen molar-refractivity contribution in [1.82, 2.24) is 0 Å². The number of benzene rings is 1. The minimum atomic E-state index is -3.52. The Kier molecular flexibility index (Phi) is 2.82. The van der Waals surface area contributed by atoms with Gasteiger partial charge in [-0.3, -0.25) is 4.79 Å². The van der Waals surface area contributed by atoms with E-state index >= 15 is 0 Å². The van der Waals surface area contributed by atoms with E-state index in [-0.39, 0.29) is 11.3 Å². The zero-order valence-corrected chi connectivity index (χ0v) is 9.98. The van der Waals surface area contributed by atoms with Gasteiger partial charge in [-0.25, -0.2) is 8.42 Å². The summed E-state index contributed by atoms with van der Waals surface area (Å²) < 4.78 is 28.9. The van der Waals surface area contributed by atoms with Gasteiger partial charge in [-0.05, 0) is 30.7 Å². The molecule has 17 heavy (non-hydrogen) atoms. The van der Waals surface area contributed by atoms with Crippen LogP contribution in [0.1, 0.15) is 6.42 Å². The largest absolute Gasteiger partial charge is 0.497 e. The van der Waals surface area contributed by atoms with Gasteiger partial charge in [0.15, 0.2) is 9.84 Å². The highest BCUT2D eigenvalue weighted by Gasteiger charge is 2.52. The summed E-state index contributed by atoms with van der Waals surface area (Å²) in [6.45, 7) is 0. The Morgan fingerprint density at radius 1 is 1.35 bits per heavy atom. The Labute approximate surface area is 98.9 Å². The topological polar surface area (TPSA) is 80.7 Å². The zero-order chi connectivity index (χ0) is 12.6. The van der Waals surface area contributed by atoms with E-state index in [0.29, 0.717) is 5.75 Å². The highest BCUT2D eigenvalue weighted by Crippen LogP contribution is 2.40. The molecule has 1 aliphatic rings. The van der Waals surface area contributed by atoms with Crippen molar-refractivity contribution in [3.63, 3.8) is 0 Å². The van der Waals surface area contributed by atoms with Gasteiger partial charge in [0.2, 0.25) is 0 Å². The van der Waals surface area contributed by atoms with E-state index in [1.165, 1.54) is 19.2 Å². The molecule has 6 heteroatoms. The molecule has 1 aromatic carbocycles. The second-order valence-electron chi connectivity index (χ2n) is 3.94. The Hall–Kier alpha value is -1.56. The van der Waals surface area contributed by atoms with Gasteiger partial charge in [0.25, 0.3) is 0 Å². The summed E-state index contributed by atoms with van der Waals surface area (Å²) in [5.41, 5.74) is 0. The molecular formula is C11H12O5S. The summed E-state index contributed by atoms with van der Waals surface area (Å²) in [4.78, 5) is 10.8. The first-order valence-electron chi connectivity index (χ1n) is 5.07. The molecule has 1 N–H and O–H groups in total. The summed E-state index contributed by atoms with van der Waals surface area (Å²) in [7, 11) is -2.03. The van der Waals surface area contributed by atoms with Crippen molar-refractivity contribution in [2.24, 2.45) is 5.92 Å². The third-order valence-corrected chi connectivity index (χ3v) is 5.08. The van der Waals surface area contributed by atoms with Gasteiger partial charge in [-0.2, -0.15) is 0 Å². The van der Waals surface area contributed by atoms with Crippen molar-refractivity contribution in [3.8, 4) is 5.75 Å². The first kappa shape index (κ1) is 11.9. The van der Waals surface area contributed by atoms with Crippen LogP contribution >= 0.6 is 0 Å². The number of hydrogen-bond acceptors (Lipinski definition) is 4. The molecule has 0 aliphatic heterocycles. The van der Waals surface area contributed by atoms with E-state index in [4.69, 9.17) is 9.84 Å². The molecule has 1 aliphatic carbocycles. The van der Waals surface area contributed by atoms with Crippen LogP contribution in [0.25, 0.3) is 0 Å². The van der Waals surface area contributed by atoms with Gasteiger partial charge in [-0.15, -0.1) is 0 Å². The van der Waals surface area contributed by atoms with Crippen LogP contribution in [0.5, 0.6) is 5.75 Å². The summed E-state index contributed by atoms with van der Waals surface area (Å²) in [5.74, 6) is -1.25. The van der Waals surface area contributed by atoms with Crippen LogP contribution in [0.15, 0.2) is 29.2 Å². The quantitative estimate of drug-likeness (QED) is 0.867. The molecule has 1 aromatic rings. The number of rotatable bonds is 4. The van der Waals surface area contributed by atoms with Crippen LogP contribution in [-0.2, 0) is 14.6 Å². The van der Waals surface area contributed by atoms with Gasteiger partial charge < -0.3 is 9.84 Å². The summed E-state index contributed by atoms with van der Waals surface area (Å²) in [6, 6.07) is 5.97. The molecule has 0 heterocycles. The molecular weight excluding hydrogens is 244 g/mol. The Bertz CT molecular complexity index is 531. The zero-order valence-electron chi connectivity index (χ0n) is 9.16. The predicted octanol–water partition coefficient (Wildman–Crippen LogP) is 0.942. The number of carboxylic acids is 1. The Balaban J connectivity index is 2.24. The van der Waals surface area contributed by atoms with E-state index in [1.54, 1.807) is 12.1 Å². The molecule has 1 fully saturated rings. The number of sulfone groups is 1. The normalized spacial score (nSPS) is 23.1. The summed E-state index contributed by atoms with van der Waals surface area (Å²) in [5, 5.41) is 7.95. The van der Waals surface area contributed by atoms with E-state index in [9.17, 15) is 13.2 Å². The predicted molar refractivity (Wildman–Crippen MR) is 59.7 cm³/mol. The first-order valence-corrected chi connectivity index (χ1v) is 6.62. The summed E-state index contributed by atoms with van der Waals surface area (Å²) in [6.07, 6.45) is 0.198. The molecule has 0 radical (unpaired) electrons. The van der Waals surface area contributed by atoms with Crippen LogP contribution in [0.3, 0.4) is 0 Å². The number of carbonyl (C=O) groups is 1. The van der Waals surface area contributed by atoms with Crippen LogP contribution < -0.4 is 4.74 Å². The van der Waals surface area contributed by atoms with Crippen molar-refractivity contribution in [3.05, 3.63) is 24.3 Å². The van der Waals surface area contributed by atoms with Crippen LogP contribution in [0.2, 0.25) is 0 Å². The fourth-order valence-corrected chi connectivity index (χ4v) is 3.59. The molecule has 92 valence electrons. The first-order chi connectivity index (χ1) is 7.96. The van der Waals surface area contributed by atoms with Gasteiger partial charge in [0.05, 0.1) is 23.2 Å². The monoisotopic (exact) mass is 256 g/mol. The molecule has 0 amide bonds. The minimum absolute atomic E-state index is 0.145. The second kappa shape index (κ2) is 4.03. The fourth-order valence-electron chi connectivity index (χ4n) is 1.71. The third kappa shape index (κ3) is 2.12. The molecule has 1 saturated carbocycles. The smallest absolute Gasteiger partial charge is 0.307 e. The van der Waals surface area contributed by atoms with Crippen LogP contribution in [-0.4, -0.2) is 31.9 Å². The van der Waals surface area contributed by atoms with Gasteiger partial charge >= 0.3 is 5.97 Å². The number of ether oxygens (including phenoxy) is 1. The molecule has 2 rings (SSSR count). The highest BCUT2D eigenvalue weighted by molar-refractivity contribution is 7.92. The van der Waals surface area contributed by atoms with Crippen molar-refractivity contribution >= 4 is 15.8 Å². The number of aliphatic carboxylic acids is 1. The number of hydrogen-bond donors (Lipinski definition) is 1. The van der Waals surface area contributed by atoms with E-state index in [2.05, 4.69) is 0 Å². The Morgan fingerprint density at radius 3 is 2.35 bits per heavy atom. The maximum absolute atomic E-state index is 12.0. The maximum Gasteiger partial charge on any atom is 0.307 e. The van der Waals surface area contributed by atoms with Crippen LogP contribution in [0.4, 0.5) is 0 Å². The van der Waals surface area contributed by atoms with E-state index in [1.807, 2.05) is 0 Å². The van der Waals surface area contributed by atoms with Gasteiger partial charge in [0.1, 0.15) is 5.75 Å². The lowest BCUT2D eigenvalue weighted by molar-refractivity contribution is -0.138. The summed E-state index contributed by atoms with van der Waals surface area (Å²) >= 11 is 0. The molecule has 2 unspecified atom stereocenters. The number of carboxylic acid groups (broad SMARTS) is 1. The molecule has 0 bridgehead atoms. The van der Waals surface area contributed by atoms with Crippen molar-refractivity contribution in [2.75, 3.05) is 7.11 Å². The van der Waals surface area contributed by atoms with Gasteiger partial charge in [-0.1, -0.05) is 0 Å². The lowest BCUT2D eigenvalue weighted by Gasteiger charge is -2.04. The molecule has 2 atom stereocenters. The lowest BCUT2D eigenvalue weighted by atomic mass is 10.3. The Morgan fingerprint density at radius 2 is 1.94 bits per heavy atom. The van der Waals surface area contributed by atoms with Crippen molar-refractivity contribution in [1.29, 1.82) is 0 Å². The standard InChI is InChI=1S/C11H12O5S/c1-16-7-2-4-8(5-3-7)17(14,15)10-6-9(10)11(12)13/h2-5,9-10H,6H2,1H3,(H,12,13). The average molecular weight is 256 g/mol. The molecule has 0 saturated heterocycles. The van der Waals surface area contributed by atoms with Crippen molar-refractivity contribution in [2.45, 2.75) is 16.6 Å². The van der Waals surface area contributed by atoms with Crippen LogP contribution in [0, 0.1) is 5.92 Å². The SMILES string of the molecule is COc1ccc(S(=O)(=O)C2CC2C(=O)O)cc1. The second-order valence-corrected chi connectivity index (χ2v) is 6.11. The minimum Gasteiger partial charge on any atom is -0.497 e. The molecule has 5 nitrogen and oxygen atoms in total. The maximum atomic E-state index is 12.0. The highest BCUT2D eigenvalue weighted by atomic mass is 32.2. The fraction of sp³-hybridized carbons (Fsp3) is 0.364. The molecule has 0 aromatic heterocycles. The third-order valence-electron chi connectivity index (χ3n) is 2.84.